The van der Waals surface area contributed by atoms with Gasteiger partial charge in [-0.2, -0.15) is 0 Å². The van der Waals surface area contributed by atoms with Gasteiger partial charge >= 0.3 is 0 Å². The van der Waals surface area contributed by atoms with Crippen LogP contribution >= 0.6 is 0 Å². The van der Waals surface area contributed by atoms with Gasteiger partial charge in [0.1, 0.15) is 23.0 Å². The van der Waals surface area contributed by atoms with Gasteiger partial charge in [0.25, 0.3) is 0 Å². The summed E-state index contributed by atoms with van der Waals surface area (Å²) in [6.07, 6.45) is -0.0945. The molecule has 0 aliphatic rings. The second-order valence-electron chi connectivity index (χ2n) is 19.2. The number of hydrogen-bond donors (Lipinski definition) is 0. The van der Waals surface area contributed by atoms with Crippen LogP contribution in [-0.2, 0) is 18.9 Å². The summed E-state index contributed by atoms with van der Waals surface area (Å²) in [6, 6.07) is 54.2. The van der Waals surface area contributed by atoms with Gasteiger partial charge in [-0.1, -0.05) is 72.8 Å². The molecule has 0 saturated heterocycles. The van der Waals surface area contributed by atoms with Crippen LogP contribution in [0.3, 0.4) is 0 Å². The van der Waals surface area contributed by atoms with E-state index in [1.165, 1.54) is 0 Å². The van der Waals surface area contributed by atoms with Gasteiger partial charge in [0.15, 0.2) is 25.1 Å². The van der Waals surface area contributed by atoms with E-state index in [0.29, 0.717) is 67.3 Å². The first kappa shape index (κ1) is 52.4. The van der Waals surface area contributed by atoms with Crippen molar-refractivity contribution in [1.29, 1.82) is 0 Å². The molecule has 2 unspecified atom stereocenters. The van der Waals surface area contributed by atoms with E-state index in [-0.39, 0.29) is 25.8 Å². The average Bonchev–Trinajstić information content (AvgIpc) is 4.05. The molecule has 77 heavy (non-hydrogen) atoms. The topological polar surface area (TPSA) is 102 Å². The largest absolute Gasteiger partial charge is 0.497 e. The lowest BCUT2D eigenvalue weighted by Gasteiger charge is -2.25. The number of para-hydroxylation sites is 4. The summed E-state index contributed by atoms with van der Waals surface area (Å²) in [7, 11) is 6.65. The molecule has 0 aliphatic heterocycles. The standard InChI is InChI=1S/C65H66N2O10/c1-42-33-54(64(74-40-72-31-29-68-5)60(35-42)66-56-21-13-9-17-48(56)49-18-10-14-22-57(49)66)52-38-46(70-7)25-27-62(52)76-44(3)37-45(4)77-63-28-26-47(71-8)39-53(63)55-34-43(2)36-61(65(55)75-41-73-32-30-69-6)67-58-23-15-11-19-50(58)51-20-12-16-24-59(51)67/h9-28,33-36,38-39,44-45H,29-32,37,40-41H2,1-8H3. The minimum atomic E-state index is -0.314. The Morgan fingerprint density at radius 1 is 0.403 bits per heavy atom. The van der Waals surface area contributed by atoms with Crippen LogP contribution in [0.15, 0.2) is 158 Å². The second-order valence-corrected chi connectivity index (χ2v) is 19.2. The lowest BCUT2D eigenvalue weighted by Crippen LogP contribution is -2.23. The molecular formula is C65H66N2O10. The summed E-state index contributed by atoms with van der Waals surface area (Å²) in [5.74, 6) is 3.94. The summed E-state index contributed by atoms with van der Waals surface area (Å²) in [5.41, 5.74) is 11.3. The van der Waals surface area contributed by atoms with E-state index in [1.807, 2.05) is 36.4 Å². The first-order valence-corrected chi connectivity index (χ1v) is 26.0. The average molecular weight is 1040 g/mol. The lowest BCUT2D eigenvalue weighted by atomic mass is 9.99. The van der Waals surface area contributed by atoms with Gasteiger partial charge in [-0.25, -0.2) is 0 Å². The summed E-state index contributed by atoms with van der Waals surface area (Å²) in [5, 5.41) is 4.58. The molecule has 10 rings (SSSR count). The highest BCUT2D eigenvalue weighted by Crippen LogP contribution is 2.47. The predicted molar refractivity (Wildman–Crippen MR) is 306 cm³/mol. The van der Waals surface area contributed by atoms with Crippen LogP contribution in [0.1, 0.15) is 31.4 Å². The van der Waals surface area contributed by atoms with Crippen LogP contribution in [0.2, 0.25) is 0 Å². The normalized spacial score (nSPS) is 12.4. The van der Waals surface area contributed by atoms with E-state index in [4.69, 9.17) is 47.4 Å². The Morgan fingerprint density at radius 3 is 1.12 bits per heavy atom. The van der Waals surface area contributed by atoms with Gasteiger partial charge in [-0.15, -0.1) is 0 Å². The van der Waals surface area contributed by atoms with Crippen molar-refractivity contribution in [2.75, 3.05) is 68.5 Å². The van der Waals surface area contributed by atoms with Crippen molar-refractivity contribution in [1.82, 2.24) is 9.13 Å². The highest BCUT2D eigenvalue weighted by Gasteiger charge is 2.26. The van der Waals surface area contributed by atoms with Crippen molar-refractivity contribution in [2.45, 2.75) is 46.3 Å². The number of aryl methyl sites for hydroxylation is 2. The number of benzene rings is 8. The first-order valence-electron chi connectivity index (χ1n) is 26.0. The molecule has 0 radical (unpaired) electrons. The molecule has 0 spiro atoms. The third kappa shape index (κ3) is 11.0. The Labute approximate surface area is 450 Å². The van der Waals surface area contributed by atoms with Crippen molar-refractivity contribution in [3.05, 3.63) is 169 Å². The molecule has 0 N–H and O–H groups in total. The van der Waals surface area contributed by atoms with Crippen molar-refractivity contribution in [3.63, 3.8) is 0 Å². The summed E-state index contributed by atoms with van der Waals surface area (Å²) >= 11 is 0. The molecule has 0 aliphatic carbocycles. The number of rotatable bonds is 24. The Morgan fingerprint density at radius 2 is 0.766 bits per heavy atom. The minimum Gasteiger partial charge on any atom is -0.497 e. The fourth-order valence-electron chi connectivity index (χ4n) is 10.4. The molecule has 0 bridgehead atoms. The minimum absolute atomic E-state index is 0.00212. The maximum atomic E-state index is 7.01. The van der Waals surface area contributed by atoms with E-state index < -0.39 is 0 Å². The van der Waals surface area contributed by atoms with E-state index in [1.54, 1.807) is 28.4 Å². The number of methoxy groups -OCH3 is 4. The molecule has 0 amide bonds. The van der Waals surface area contributed by atoms with Crippen molar-refractivity contribution in [2.24, 2.45) is 0 Å². The highest BCUT2D eigenvalue weighted by molar-refractivity contribution is 6.10. The number of nitrogens with zero attached hydrogens (tertiary/aromatic N) is 2. The van der Waals surface area contributed by atoms with E-state index >= 15 is 0 Å². The molecule has 2 heterocycles. The zero-order chi connectivity index (χ0) is 53.4. The van der Waals surface area contributed by atoms with Crippen LogP contribution in [0.4, 0.5) is 0 Å². The van der Waals surface area contributed by atoms with Crippen molar-refractivity contribution >= 4 is 43.6 Å². The molecule has 396 valence electrons. The van der Waals surface area contributed by atoms with Crippen molar-refractivity contribution in [3.8, 4) is 68.1 Å². The summed E-state index contributed by atoms with van der Waals surface area (Å²) in [4.78, 5) is 0. The van der Waals surface area contributed by atoms with Crippen LogP contribution in [0, 0.1) is 13.8 Å². The number of aromatic nitrogens is 2. The van der Waals surface area contributed by atoms with E-state index in [9.17, 15) is 0 Å². The number of ether oxygens (including phenoxy) is 10. The monoisotopic (exact) mass is 1030 g/mol. The van der Waals surface area contributed by atoms with Gasteiger partial charge in [-0.3, -0.25) is 0 Å². The summed E-state index contributed by atoms with van der Waals surface area (Å²) < 4.78 is 66.3. The Kier molecular flexibility index (Phi) is 16.3. The lowest BCUT2D eigenvalue weighted by molar-refractivity contribution is -0.00830. The predicted octanol–water partition coefficient (Wildman–Crippen LogP) is 14.5. The second kappa shape index (κ2) is 23.9. The zero-order valence-electron chi connectivity index (χ0n) is 45.1. The number of hydrogen-bond acceptors (Lipinski definition) is 10. The zero-order valence-corrected chi connectivity index (χ0v) is 45.1. The van der Waals surface area contributed by atoms with Gasteiger partial charge in [0.2, 0.25) is 0 Å². The number of fused-ring (bicyclic) bond motifs is 6. The van der Waals surface area contributed by atoms with E-state index in [2.05, 4.69) is 158 Å². The van der Waals surface area contributed by atoms with Gasteiger partial charge in [0, 0.05) is 64.4 Å². The Hall–Kier alpha value is -8.00. The smallest absolute Gasteiger partial charge is 0.189 e. The first-order chi connectivity index (χ1) is 37.7. The van der Waals surface area contributed by atoms with Crippen LogP contribution in [0.25, 0.3) is 77.2 Å². The third-order valence-electron chi connectivity index (χ3n) is 13.8. The van der Waals surface area contributed by atoms with E-state index in [0.717, 1.165) is 88.4 Å². The summed E-state index contributed by atoms with van der Waals surface area (Å²) in [6.45, 7) is 9.97. The van der Waals surface area contributed by atoms with Crippen LogP contribution in [-0.4, -0.2) is 89.8 Å². The quantitative estimate of drug-likeness (QED) is 0.0429. The molecule has 2 aromatic heterocycles. The van der Waals surface area contributed by atoms with Crippen molar-refractivity contribution < 1.29 is 47.4 Å². The van der Waals surface area contributed by atoms with Gasteiger partial charge < -0.3 is 56.5 Å². The molecular weight excluding hydrogens is 969 g/mol. The fourth-order valence-corrected chi connectivity index (χ4v) is 10.4. The molecule has 12 heteroatoms. The SMILES string of the molecule is COCCOCOc1c(-c2cc(OC)ccc2OC(C)CC(C)Oc2ccc(OC)cc2-c2cc(C)cc(-n3c4ccccc4c4ccccc43)c2OCOCCOC)cc(C)cc1-n1c2ccccc2c2ccccc21. The fraction of sp³-hybridized carbons (Fsp3) is 0.262. The molecule has 0 fully saturated rings. The van der Waals surface area contributed by atoms with Crippen LogP contribution < -0.4 is 28.4 Å². The van der Waals surface area contributed by atoms with Gasteiger partial charge in [-0.05, 0) is 124 Å². The third-order valence-corrected chi connectivity index (χ3v) is 13.8. The molecule has 8 aromatic carbocycles. The Bertz CT molecular complexity index is 3330. The maximum Gasteiger partial charge on any atom is 0.189 e. The molecule has 12 nitrogen and oxygen atoms in total. The van der Waals surface area contributed by atoms with Crippen LogP contribution in [0.5, 0.6) is 34.5 Å². The highest BCUT2D eigenvalue weighted by atomic mass is 16.7. The molecule has 2 atom stereocenters. The molecule has 0 saturated carbocycles. The maximum absolute atomic E-state index is 7.01. The molecule has 10 aromatic rings. The van der Waals surface area contributed by atoms with Gasteiger partial charge in [0.05, 0.1) is 86.3 Å². The Balaban J connectivity index is 1.00.